The molecular formula is C62H103N15O20. The number of methoxy groups -OCH3 is 1. The fourth-order valence-electron chi connectivity index (χ4n) is 9.58. The minimum absolute atomic E-state index is 0.0260. The summed E-state index contributed by atoms with van der Waals surface area (Å²) in [6.07, 6.45) is -10.8. The molecule has 16 atom stereocenters. The molecule has 2 rings (SSSR count). The van der Waals surface area contributed by atoms with Crippen LogP contribution >= 0.6 is 0 Å². The van der Waals surface area contributed by atoms with Crippen LogP contribution in [0.3, 0.4) is 0 Å². The van der Waals surface area contributed by atoms with Gasteiger partial charge in [-0.25, -0.2) is 9.59 Å². The van der Waals surface area contributed by atoms with Crippen molar-refractivity contribution in [2.45, 2.75) is 219 Å². The summed E-state index contributed by atoms with van der Waals surface area (Å²) < 4.78 is 16.7. The Morgan fingerprint density at radius 2 is 1.24 bits per heavy atom. The normalized spacial score (nSPS) is 24.1. The van der Waals surface area contributed by atoms with E-state index >= 15 is 9.59 Å². The van der Waals surface area contributed by atoms with E-state index < -0.39 is 210 Å². The number of rotatable bonds is 24. The Labute approximate surface area is 563 Å². The highest BCUT2D eigenvalue weighted by Gasteiger charge is 2.44. The van der Waals surface area contributed by atoms with Gasteiger partial charge in [0.1, 0.15) is 60.0 Å². The van der Waals surface area contributed by atoms with Crippen LogP contribution in [-0.4, -0.2) is 221 Å². The van der Waals surface area contributed by atoms with E-state index in [0.29, 0.717) is 0 Å². The molecule has 0 aliphatic carbocycles. The number of hydrogen-bond acceptors (Lipinski definition) is 21. The zero-order valence-corrected chi connectivity index (χ0v) is 57.5. The average Bonchev–Trinajstić information content (AvgIpc) is 0.850. The van der Waals surface area contributed by atoms with Crippen LogP contribution in [0.1, 0.15) is 134 Å². The second kappa shape index (κ2) is 40.0. The topological polar surface area (TPSA) is 553 Å². The Morgan fingerprint density at radius 3 is 1.76 bits per heavy atom. The van der Waals surface area contributed by atoms with Gasteiger partial charge in [-0.3, -0.25) is 57.7 Å². The van der Waals surface area contributed by atoms with E-state index in [1.807, 2.05) is 10.6 Å². The fraction of sp³-hybridized carbons (Fsp3) is 0.677. The molecule has 1 aliphatic rings. The van der Waals surface area contributed by atoms with E-state index in [1.54, 1.807) is 62.3 Å². The summed E-state index contributed by atoms with van der Waals surface area (Å²) in [5.41, 5.74) is 15.3. The SMILES string of the molecule is CC[C@H](C)C1NC(=O)[C@@H](CCCN=C(N)N)NC(=O)[C@H](CC(C)C)NC(=O)[C@H]([C@H](O)C(C)C)NC(=O)[C@@H](NC(=O)[C@H](CC(C)C)NC(=O)[C@@H](NC(=O)OC(C)(C)C)[C@@H](C)OC)[C@@H](c2ccccc2)OC(=O)[C@H](CO)NC(=O)[C@H]([C@H](O)C(N)=O)NC(=O)CNC(=O)C([C@H](C)O)NC1=O. The van der Waals surface area contributed by atoms with Crippen molar-refractivity contribution < 1.29 is 97.0 Å². The number of primary amides is 1. The minimum atomic E-state index is -2.61. The Hall–Kier alpha value is -8.80. The molecule has 0 bridgehead atoms. The lowest BCUT2D eigenvalue weighted by Gasteiger charge is -2.34. The first-order valence-corrected chi connectivity index (χ1v) is 32.0. The molecule has 1 fully saturated rings. The number of esters is 1. The van der Waals surface area contributed by atoms with Gasteiger partial charge in [0.15, 0.2) is 24.2 Å². The van der Waals surface area contributed by atoms with Gasteiger partial charge in [0, 0.05) is 13.7 Å². The second-order valence-corrected chi connectivity index (χ2v) is 25.9. The average molecular weight is 1380 g/mol. The van der Waals surface area contributed by atoms with Gasteiger partial charge in [0.05, 0.1) is 31.5 Å². The van der Waals surface area contributed by atoms with Gasteiger partial charge >= 0.3 is 12.1 Å². The molecule has 1 aromatic carbocycles. The zero-order valence-electron chi connectivity index (χ0n) is 57.5. The second-order valence-electron chi connectivity index (χ2n) is 25.9. The third-order valence-electron chi connectivity index (χ3n) is 15.2. The van der Waals surface area contributed by atoms with Crippen molar-refractivity contribution in [1.82, 2.24) is 58.5 Å². The van der Waals surface area contributed by atoms with E-state index in [4.69, 9.17) is 31.4 Å². The lowest BCUT2D eigenvalue weighted by molar-refractivity contribution is -0.159. The number of amides is 12. The van der Waals surface area contributed by atoms with Gasteiger partial charge < -0.3 is 110 Å². The molecule has 1 heterocycles. The Balaban J connectivity index is 3.18. The van der Waals surface area contributed by atoms with E-state index in [2.05, 4.69) is 52.8 Å². The molecule has 1 aliphatic heterocycles. The summed E-state index contributed by atoms with van der Waals surface area (Å²) in [5.74, 6) is -18.0. The predicted octanol–water partition coefficient (Wildman–Crippen LogP) is -4.88. The van der Waals surface area contributed by atoms with Crippen molar-refractivity contribution in [3.8, 4) is 0 Å². The lowest BCUT2D eigenvalue weighted by atomic mass is 9.95. The maximum absolute atomic E-state index is 15.5. The van der Waals surface area contributed by atoms with Crippen LogP contribution in [0.4, 0.5) is 4.79 Å². The number of carbonyl (C=O) groups excluding carboxylic acids is 13. The van der Waals surface area contributed by atoms with Crippen molar-refractivity contribution >= 4 is 83.0 Å². The standard InChI is InChI=1S/C62H103N15O20/c1-15-31(8)40-54(88)74-41(32(9)79)53(87)67-26-39(80)72-44(47(82)49(63)83)57(91)71-38(27-78)59(93)96-48(34-20-17-16-18-21-34)45(76-52(86)37(25-29(4)5)69-55(89)42(33(10)95-14)77-61(94)97-62(11,12)13)58(92)75-43(46(81)30(6)7)56(90)70-36(24-28(2)3)51(85)68-35(50(84)73-40)22-19-23-66-60(64)65/h16-18,20-21,28-33,35-38,40-48,78-79,81-82H,15,19,22-27H2,1-14H3,(H2,63,83)(H,67,87)(H,68,85)(H,69,89)(H,70,90)(H,71,91)(H,72,80)(H,73,84)(H,74,88)(H,75,92)(H,76,86)(H,77,94)(H4,64,65,66)/t31-,32-,33+,35+,36-,37-,38-,40?,41?,42-,43-,44-,45-,46+,47-,48+/m0/s1. The molecule has 97 heavy (non-hydrogen) atoms. The highest BCUT2D eigenvalue weighted by atomic mass is 16.6. The predicted molar refractivity (Wildman–Crippen MR) is 348 cm³/mol. The summed E-state index contributed by atoms with van der Waals surface area (Å²) in [4.78, 5) is 189. The van der Waals surface area contributed by atoms with E-state index in [1.165, 1.54) is 58.2 Å². The summed E-state index contributed by atoms with van der Waals surface area (Å²) in [6.45, 7) is 17.6. The monoisotopic (exact) mass is 1380 g/mol. The van der Waals surface area contributed by atoms with Crippen LogP contribution in [0.5, 0.6) is 0 Å². The fourth-order valence-corrected chi connectivity index (χ4v) is 9.58. The first-order chi connectivity index (χ1) is 45.2. The molecule has 2 unspecified atom stereocenters. The summed E-state index contributed by atoms with van der Waals surface area (Å²) in [5, 5.41) is 70.6. The summed E-state index contributed by atoms with van der Waals surface area (Å²) in [6, 6.07) is -11.9. The molecule has 35 nitrogen and oxygen atoms in total. The maximum Gasteiger partial charge on any atom is 0.408 e. The third kappa shape index (κ3) is 28.1. The Kier molecular flexibility index (Phi) is 34.8. The van der Waals surface area contributed by atoms with Gasteiger partial charge in [-0.05, 0) is 89.5 Å². The molecule has 12 amide bonds. The number of cyclic esters (lactones) is 1. The molecule has 35 heteroatoms. The van der Waals surface area contributed by atoms with Crippen molar-refractivity contribution in [3.05, 3.63) is 35.9 Å². The van der Waals surface area contributed by atoms with E-state index in [9.17, 15) is 73.2 Å². The molecule has 1 aromatic rings. The van der Waals surface area contributed by atoms with Crippen LogP contribution in [0.2, 0.25) is 0 Å². The van der Waals surface area contributed by atoms with Gasteiger partial charge in [-0.1, -0.05) is 92.1 Å². The molecule has 0 spiro atoms. The number of aliphatic imine (C=N–C) groups is 1. The van der Waals surface area contributed by atoms with Crippen LogP contribution in [0.25, 0.3) is 0 Å². The molecule has 1 saturated heterocycles. The molecule has 21 N–H and O–H groups in total. The van der Waals surface area contributed by atoms with E-state index in [-0.39, 0.29) is 50.2 Å². The van der Waals surface area contributed by atoms with Crippen LogP contribution in [-0.2, 0) is 71.7 Å². The molecular weight excluding hydrogens is 1270 g/mol. The summed E-state index contributed by atoms with van der Waals surface area (Å²) in [7, 11) is 1.25. The van der Waals surface area contributed by atoms with Crippen LogP contribution in [0.15, 0.2) is 35.3 Å². The first kappa shape index (κ1) is 84.3. The number of benzene rings is 1. The van der Waals surface area contributed by atoms with Crippen molar-refractivity contribution in [2.75, 3.05) is 26.8 Å². The Bertz CT molecular complexity index is 2890. The van der Waals surface area contributed by atoms with Crippen LogP contribution < -0.4 is 75.7 Å². The smallest absolute Gasteiger partial charge is 0.408 e. The largest absolute Gasteiger partial charge is 0.453 e. The number of aliphatic hydroxyl groups excluding tert-OH is 4. The third-order valence-corrected chi connectivity index (χ3v) is 15.2. The number of hydrogen-bond donors (Lipinski definition) is 18. The number of nitrogens with zero attached hydrogens (tertiary/aromatic N) is 1. The molecule has 0 radical (unpaired) electrons. The first-order valence-electron chi connectivity index (χ1n) is 32.0. The van der Waals surface area contributed by atoms with Gasteiger partial charge in [-0.15, -0.1) is 0 Å². The maximum atomic E-state index is 15.5. The van der Waals surface area contributed by atoms with Gasteiger partial charge in [-0.2, -0.15) is 0 Å². The zero-order chi connectivity index (χ0) is 73.9. The Morgan fingerprint density at radius 1 is 0.680 bits per heavy atom. The molecule has 546 valence electrons. The van der Waals surface area contributed by atoms with Crippen molar-refractivity contribution in [2.24, 2.45) is 45.9 Å². The minimum Gasteiger partial charge on any atom is -0.453 e. The summed E-state index contributed by atoms with van der Waals surface area (Å²) >= 11 is 0. The number of alkyl carbamates (subject to hydrolysis) is 1. The van der Waals surface area contributed by atoms with Gasteiger partial charge in [0.2, 0.25) is 65.0 Å². The number of nitrogens with one attached hydrogen (secondary N) is 11. The number of nitrogens with two attached hydrogens (primary N) is 3. The number of ether oxygens (including phenoxy) is 3. The number of guanidine groups is 1. The lowest BCUT2D eigenvalue weighted by Crippen LogP contribution is -2.64. The highest BCUT2D eigenvalue weighted by Crippen LogP contribution is 2.25. The molecule has 0 aromatic heterocycles. The van der Waals surface area contributed by atoms with E-state index in [0.717, 1.165) is 6.92 Å². The van der Waals surface area contributed by atoms with Crippen molar-refractivity contribution in [1.29, 1.82) is 0 Å². The molecule has 0 saturated carbocycles. The quantitative estimate of drug-likeness (QED) is 0.0200. The van der Waals surface area contributed by atoms with Crippen LogP contribution in [0, 0.1) is 23.7 Å². The highest BCUT2D eigenvalue weighted by molar-refractivity contribution is 6.00. The van der Waals surface area contributed by atoms with Crippen molar-refractivity contribution in [3.63, 3.8) is 0 Å². The van der Waals surface area contributed by atoms with Gasteiger partial charge in [0.25, 0.3) is 0 Å². The number of aliphatic hydroxyl groups is 4. The number of carbonyl (C=O) groups is 13.